The summed E-state index contributed by atoms with van der Waals surface area (Å²) in [5, 5.41) is 33.5. The molecule has 0 radical (unpaired) electrons. The van der Waals surface area contributed by atoms with Crippen LogP contribution in [0.3, 0.4) is 0 Å². The molecule has 0 rings (SSSR count). The van der Waals surface area contributed by atoms with E-state index in [1.54, 1.807) is 13.8 Å². The molecule has 31 heavy (non-hydrogen) atoms. The topological polar surface area (TPSA) is 251 Å². The molecule has 10 N–H and O–H groups in total. The van der Waals surface area contributed by atoms with Crippen molar-refractivity contribution in [2.45, 2.75) is 57.3 Å². The van der Waals surface area contributed by atoms with Gasteiger partial charge in [-0.05, 0) is 5.92 Å². The standard InChI is InChI=1S/C17H29N5O9/c1-3-7(2)13(16(29)21-10(6-23)17(30)31)22-15(28)9(5-12(25)26)20-14(27)8(18)4-11(19)24/h7-10,13,23H,3-6,18H2,1-2H3,(H2,19,24)(H,20,27)(H,21,29)(H,22,28)(H,25,26)(H,30,31). The lowest BCUT2D eigenvalue weighted by atomic mass is 9.97. The largest absolute Gasteiger partial charge is 0.481 e. The number of nitrogens with one attached hydrogen (secondary N) is 3. The average molecular weight is 447 g/mol. The van der Waals surface area contributed by atoms with Gasteiger partial charge in [-0.1, -0.05) is 20.3 Å². The molecule has 0 fully saturated rings. The van der Waals surface area contributed by atoms with Gasteiger partial charge in [0.1, 0.15) is 18.1 Å². The lowest BCUT2D eigenvalue weighted by Gasteiger charge is -2.27. The van der Waals surface area contributed by atoms with Crippen molar-refractivity contribution in [3.05, 3.63) is 0 Å². The molecule has 0 aromatic carbocycles. The molecule has 0 heterocycles. The average Bonchev–Trinajstić information content (AvgIpc) is 2.67. The van der Waals surface area contributed by atoms with Crippen molar-refractivity contribution in [1.82, 2.24) is 16.0 Å². The number of carboxylic acids is 2. The van der Waals surface area contributed by atoms with E-state index >= 15 is 0 Å². The first-order valence-electron chi connectivity index (χ1n) is 9.34. The highest BCUT2D eigenvalue weighted by Gasteiger charge is 2.33. The lowest BCUT2D eigenvalue weighted by molar-refractivity contribution is -0.144. The van der Waals surface area contributed by atoms with Gasteiger partial charge in [0.05, 0.1) is 25.5 Å². The summed E-state index contributed by atoms with van der Waals surface area (Å²) in [6.45, 7) is 2.38. The molecule has 14 nitrogen and oxygen atoms in total. The maximum Gasteiger partial charge on any atom is 0.328 e. The molecule has 0 aromatic rings. The first kappa shape index (κ1) is 27.7. The number of carboxylic acid groups (broad SMARTS) is 2. The molecule has 0 aliphatic rings. The minimum atomic E-state index is -1.64. The SMILES string of the molecule is CCC(C)C(NC(=O)C(CC(=O)O)NC(=O)C(N)CC(N)=O)C(=O)NC(CO)C(=O)O. The maximum absolute atomic E-state index is 12.6. The summed E-state index contributed by atoms with van der Waals surface area (Å²) in [5.74, 6) is -7.31. The van der Waals surface area contributed by atoms with E-state index in [0.717, 1.165) is 0 Å². The van der Waals surface area contributed by atoms with Gasteiger partial charge in [0.15, 0.2) is 0 Å². The number of primary amides is 1. The van der Waals surface area contributed by atoms with Crippen LogP contribution >= 0.6 is 0 Å². The highest BCUT2D eigenvalue weighted by atomic mass is 16.4. The van der Waals surface area contributed by atoms with Gasteiger partial charge >= 0.3 is 11.9 Å². The van der Waals surface area contributed by atoms with Crippen molar-refractivity contribution in [1.29, 1.82) is 0 Å². The molecule has 176 valence electrons. The van der Waals surface area contributed by atoms with Gasteiger partial charge in [-0.3, -0.25) is 24.0 Å². The molecule has 5 atom stereocenters. The number of aliphatic hydroxyl groups excluding tert-OH is 1. The molecule has 0 bridgehead atoms. The van der Waals surface area contributed by atoms with E-state index in [0.29, 0.717) is 6.42 Å². The van der Waals surface area contributed by atoms with Crippen molar-refractivity contribution < 1.29 is 44.1 Å². The molecule has 0 aliphatic carbocycles. The van der Waals surface area contributed by atoms with Crippen LogP contribution in [0.25, 0.3) is 0 Å². The molecule has 0 saturated carbocycles. The number of amides is 4. The zero-order chi connectivity index (χ0) is 24.3. The van der Waals surface area contributed by atoms with Crippen LogP contribution in [0.15, 0.2) is 0 Å². The van der Waals surface area contributed by atoms with Crippen LogP contribution < -0.4 is 27.4 Å². The second kappa shape index (κ2) is 13.1. The van der Waals surface area contributed by atoms with E-state index in [-0.39, 0.29) is 0 Å². The van der Waals surface area contributed by atoms with Crippen molar-refractivity contribution in [3.8, 4) is 0 Å². The van der Waals surface area contributed by atoms with Crippen LogP contribution in [0.4, 0.5) is 0 Å². The minimum Gasteiger partial charge on any atom is -0.481 e. The molecule has 0 saturated heterocycles. The van der Waals surface area contributed by atoms with E-state index in [9.17, 15) is 28.8 Å². The number of aliphatic hydroxyl groups is 1. The van der Waals surface area contributed by atoms with E-state index in [2.05, 4.69) is 16.0 Å². The Labute approximate surface area is 177 Å². The molecule has 0 aliphatic heterocycles. The third kappa shape index (κ3) is 9.86. The molecule has 0 aromatic heterocycles. The third-order valence-corrected chi connectivity index (χ3v) is 4.36. The summed E-state index contributed by atoms with van der Waals surface area (Å²) in [4.78, 5) is 70.2. The van der Waals surface area contributed by atoms with E-state index < -0.39 is 85.1 Å². The van der Waals surface area contributed by atoms with Crippen LogP contribution in [0.1, 0.15) is 33.1 Å². The number of aliphatic carboxylic acids is 2. The van der Waals surface area contributed by atoms with Crippen molar-refractivity contribution in [2.75, 3.05) is 6.61 Å². The van der Waals surface area contributed by atoms with E-state index in [4.69, 9.17) is 26.8 Å². The Morgan fingerprint density at radius 2 is 1.42 bits per heavy atom. The monoisotopic (exact) mass is 447 g/mol. The number of rotatable bonds is 14. The summed E-state index contributed by atoms with van der Waals surface area (Å²) in [7, 11) is 0. The fourth-order valence-electron chi connectivity index (χ4n) is 2.37. The Balaban J connectivity index is 5.51. The number of hydrogen-bond donors (Lipinski definition) is 8. The van der Waals surface area contributed by atoms with Crippen LogP contribution in [-0.4, -0.2) is 81.7 Å². The van der Waals surface area contributed by atoms with Gasteiger partial charge in [0.25, 0.3) is 0 Å². The number of carbonyl (C=O) groups is 6. The van der Waals surface area contributed by atoms with Gasteiger partial charge in [0.2, 0.25) is 23.6 Å². The molecular weight excluding hydrogens is 418 g/mol. The highest BCUT2D eigenvalue weighted by molar-refractivity contribution is 5.96. The Morgan fingerprint density at radius 1 is 0.871 bits per heavy atom. The van der Waals surface area contributed by atoms with Crippen molar-refractivity contribution in [2.24, 2.45) is 17.4 Å². The molecule has 5 unspecified atom stereocenters. The summed E-state index contributed by atoms with van der Waals surface area (Å²) in [6.07, 6.45) is -1.03. The minimum absolute atomic E-state index is 0.370. The van der Waals surface area contributed by atoms with Gasteiger partial charge in [-0.2, -0.15) is 0 Å². The summed E-state index contributed by atoms with van der Waals surface area (Å²) >= 11 is 0. The lowest BCUT2D eigenvalue weighted by Crippen LogP contribution is -2.59. The van der Waals surface area contributed by atoms with Crippen LogP contribution in [0, 0.1) is 5.92 Å². The van der Waals surface area contributed by atoms with Gasteiger partial charge in [-0.25, -0.2) is 4.79 Å². The predicted octanol–water partition coefficient (Wildman–Crippen LogP) is -3.76. The van der Waals surface area contributed by atoms with Gasteiger partial charge in [-0.15, -0.1) is 0 Å². The summed E-state index contributed by atoms with van der Waals surface area (Å²) < 4.78 is 0. The summed E-state index contributed by atoms with van der Waals surface area (Å²) in [6, 6.07) is -5.97. The number of hydrogen-bond acceptors (Lipinski definition) is 8. The second-order valence-electron chi connectivity index (χ2n) is 6.89. The first-order chi connectivity index (χ1) is 14.3. The zero-order valence-electron chi connectivity index (χ0n) is 17.2. The van der Waals surface area contributed by atoms with Crippen LogP contribution in [0.5, 0.6) is 0 Å². The molecule has 14 heteroatoms. The maximum atomic E-state index is 12.6. The van der Waals surface area contributed by atoms with E-state index in [1.807, 2.05) is 0 Å². The van der Waals surface area contributed by atoms with Gasteiger partial charge in [0, 0.05) is 0 Å². The molecule has 4 amide bonds. The quantitative estimate of drug-likeness (QED) is 0.129. The predicted molar refractivity (Wildman–Crippen MR) is 104 cm³/mol. The first-order valence-corrected chi connectivity index (χ1v) is 9.34. The van der Waals surface area contributed by atoms with Crippen molar-refractivity contribution >= 4 is 35.6 Å². The Bertz CT molecular complexity index is 699. The zero-order valence-corrected chi connectivity index (χ0v) is 17.2. The second-order valence-corrected chi connectivity index (χ2v) is 6.89. The third-order valence-electron chi connectivity index (χ3n) is 4.36. The van der Waals surface area contributed by atoms with E-state index in [1.165, 1.54) is 0 Å². The molecule has 0 spiro atoms. The Kier molecular flexibility index (Phi) is 11.7. The van der Waals surface area contributed by atoms with Crippen LogP contribution in [0.2, 0.25) is 0 Å². The fraction of sp³-hybridized carbons (Fsp3) is 0.647. The summed E-state index contributed by atoms with van der Waals surface area (Å²) in [5.41, 5.74) is 10.4. The Hall–Kier alpha value is -3.26. The molecular formula is C17H29N5O9. The normalized spacial score (nSPS) is 15.5. The van der Waals surface area contributed by atoms with Gasteiger partial charge < -0.3 is 42.7 Å². The highest BCUT2D eigenvalue weighted by Crippen LogP contribution is 2.09. The van der Waals surface area contributed by atoms with Crippen molar-refractivity contribution in [3.63, 3.8) is 0 Å². The van der Waals surface area contributed by atoms with Crippen LogP contribution in [-0.2, 0) is 28.8 Å². The number of nitrogens with two attached hydrogens (primary N) is 2. The smallest absolute Gasteiger partial charge is 0.328 e. The Morgan fingerprint density at radius 3 is 1.84 bits per heavy atom. The number of carbonyl (C=O) groups excluding carboxylic acids is 4. The fourth-order valence-corrected chi connectivity index (χ4v) is 2.37.